The second kappa shape index (κ2) is 6.78. The van der Waals surface area contributed by atoms with Gasteiger partial charge in [-0.05, 0) is 26.3 Å². The van der Waals surface area contributed by atoms with Crippen LogP contribution in [0.2, 0.25) is 0 Å². The highest BCUT2D eigenvalue weighted by atomic mass is 16.2. The van der Waals surface area contributed by atoms with E-state index in [1.54, 1.807) is 6.20 Å². The van der Waals surface area contributed by atoms with E-state index >= 15 is 0 Å². The second-order valence-corrected chi connectivity index (χ2v) is 6.90. The van der Waals surface area contributed by atoms with Crippen LogP contribution in [0.4, 0.5) is 0 Å². The third-order valence-corrected chi connectivity index (χ3v) is 4.96. The Labute approximate surface area is 153 Å². The summed E-state index contributed by atoms with van der Waals surface area (Å²) < 4.78 is 3.99. The Bertz CT molecular complexity index is 911. The number of rotatable bonds is 4. The van der Waals surface area contributed by atoms with Crippen molar-refractivity contribution < 1.29 is 4.79 Å². The number of hydrogen-bond acceptors (Lipinski definition) is 3. The summed E-state index contributed by atoms with van der Waals surface area (Å²) in [6.45, 7) is 5.88. The Hall–Kier alpha value is -2.89. The molecule has 6 nitrogen and oxygen atoms in total. The minimum atomic E-state index is 0.129. The molecule has 1 aliphatic rings. The number of imidazole rings is 1. The van der Waals surface area contributed by atoms with Gasteiger partial charge < -0.3 is 9.47 Å². The average molecular weight is 349 g/mol. The summed E-state index contributed by atoms with van der Waals surface area (Å²) in [6.07, 6.45) is 4.57. The van der Waals surface area contributed by atoms with Crippen molar-refractivity contribution in [2.75, 3.05) is 13.1 Å². The normalized spacial score (nSPS) is 17.0. The Morgan fingerprint density at radius 3 is 2.77 bits per heavy atom. The van der Waals surface area contributed by atoms with Crippen LogP contribution in [0.15, 0.2) is 48.8 Å². The summed E-state index contributed by atoms with van der Waals surface area (Å²) in [6, 6.07) is 12.3. The maximum absolute atomic E-state index is 12.8. The highest BCUT2D eigenvalue weighted by Gasteiger charge is 2.29. The van der Waals surface area contributed by atoms with E-state index in [9.17, 15) is 4.79 Å². The molecule has 26 heavy (non-hydrogen) atoms. The highest BCUT2D eigenvalue weighted by molar-refractivity contribution is 5.77. The Morgan fingerprint density at radius 2 is 2.04 bits per heavy atom. The van der Waals surface area contributed by atoms with Crippen molar-refractivity contribution >= 4 is 5.91 Å². The van der Waals surface area contributed by atoms with Gasteiger partial charge in [-0.15, -0.1) is 0 Å². The lowest BCUT2D eigenvalue weighted by molar-refractivity contribution is -0.130. The van der Waals surface area contributed by atoms with E-state index in [0.29, 0.717) is 6.54 Å². The fourth-order valence-electron chi connectivity index (χ4n) is 3.71. The molecular formula is C20H23N5O. The van der Waals surface area contributed by atoms with E-state index in [-0.39, 0.29) is 11.9 Å². The van der Waals surface area contributed by atoms with E-state index in [0.717, 1.165) is 42.3 Å². The lowest BCUT2D eigenvalue weighted by Crippen LogP contribution is -2.32. The molecule has 0 N–H and O–H groups in total. The van der Waals surface area contributed by atoms with Crippen molar-refractivity contribution in [1.29, 1.82) is 0 Å². The molecule has 1 saturated heterocycles. The zero-order chi connectivity index (χ0) is 18.1. The number of benzene rings is 1. The lowest BCUT2D eigenvalue weighted by atomic mass is 10.2. The number of nitrogens with zero attached hydrogens (tertiary/aromatic N) is 5. The van der Waals surface area contributed by atoms with Crippen molar-refractivity contribution in [3.63, 3.8) is 0 Å². The van der Waals surface area contributed by atoms with Gasteiger partial charge in [0.05, 0.1) is 11.7 Å². The van der Waals surface area contributed by atoms with Crippen molar-refractivity contribution in [2.24, 2.45) is 0 Å². The van der Waals surface area contributed by atoms with Gasteiger partial charge in [-0.3, -0.25) is 9.48 Å². The molecular weight excluding hydrogens is 326 g/mol. The molecule has 0 saturated carbocycles. The summed E-state index contributed by atoms with van der Waals surface area (Å²) in [7, 11) is 0. The van der Waals surface area contributed by atoms with Crippen LogP contribution in [-0.2, 0) is 11.3 Å². The summed E-state index contributed by atoms with van der Waals surface area (Å²) >= 11 is 0. The molecule has 2 aromatic heterocycles. The molecule has 1 aliphatic heterocycles. The first-order chi connectivity index (χ1) is 12.6. The van der Waals surface area contributed by atoms with Crippen molar-refractivity contribution in [1.82, 2.24) is 24.2 Å². The molecule has 3 aromatic rings. The van der Waals surface area contributed by atoms with Gasteiger partial charge in [-0.1, -0.05) is 30.3 Å². The standard InChI is InChI=1S/C20H23N5O/c1-15-12-16(2)25(22-15)18-8-10-23(13-18)19(26)14-24-11-9-21-20(24)17-6-4-3-5-7-17/h3-7,9,11-12,18H,8,10,13-14H2,1-2H3/t18-/m1/s1. The molecule has 1 fully saturated rings. The van der Waals surface area contributed by atoms with E-state index in [1.807, 2.05) is 52.9 Å². The van der Waals surface area contributed by atoms with Crippen LogP contribution in [0.25, 0.3) is 11.4 Å². The Balaban J connectivity index is 1.45. The molecule has 0 aliphatic carbocycles. The average Bonchev–Trinajstić information content (AvgIpc) is 3.35. The molecule has 4 rings (SSSR count). The SMILES string of the molecule is Cc1cc(C)n([C@@H]2CCN(C(=O)Cn3ccnc3-c3ccccc3)C2)n1. The van der Waals surface area contributed by atoms with Crippen LogP contribution in [0.3, 0.4) is 0 Å². The number of likely N-dealkylation sites (tertiary alicyclic amines) is 1. The quantitative estimate of drug-likeness (QED) is 0.728. The first kappa shape index (κ1) is 16.6. The number of carbonyl (C=O) groups is 1. The molecule has 0 unspecified atom stereocenters. The van der Waals surface area contributed by atoms with Crippen LogP contribution >= 0.6 is 0 Å². The Morgan fingerprint density at radius 1 is 1.23 bits per heavy atom. The van der Waals surface area contributed by atoms with Crippen LogP contribution < -0.4 is 0 Å². The highest BCUT2D eigenvalue weighted by Crippen LogP contribution is 2.24. The smallest absolute Gasteiger partial charge is 0.242 e. The van der Waals surface area contributed by atoms with E-state index in [1.165, 1.54) is 0 Å². The van der Waals surface area contributed by atoms with Crippen LogP contribution in [0, 0.1) is 13.8 Å². The predicted octanol–water partition coefficient (Wildman–Crippen LogP) is 2.84. The van der Waals surface area contributed by atoms with Crippen LogP contribution in [0.1, 0.15) is 23.9 Å². The lowest BCUT2D eigenvalue weighted by Gasteiger charge is -2.18. The molecule has 0 bridgehead atoms. The second-order valence-electron chi connectivity index (χ2n) is 6.90. The van der Waals surface area contributed by atoms with E-state index in [4.69, 9.17) is 0 Å². The van der Waals surface area contributed by atoms with Crippen LogP contribution in [0.5, 0.6) is 0 Å². The minimum Gasteiger partial charge on any atom is -0.339 e. The van der Waals surface area contributed by atoms with Gasteiger partial charge in [0.25, 0.3) is 0 Å². The zero-order valence-electron chi connectivity index (χ0n) is 15.2. The van der Waals surface area contributed by atoms with E-state index in [2.05, 4.69) is 27.8 Å². The fraction of sp³-hybridized carbons (Fsp3) is 0.350. The molecule has 0 radical (unpaired) electrons. The molecule has 1 atom stereocenters. The van der Waals surface area contributed by atoms with E-state index < -0.39 is 0 Å². The molecule has 3 heterocycles. The van der Waals surface area contributed by atoms with Crippen molar-refractivity contribution in [3.05, 3.63) is 60.2 Å². The summed E-state index contributed by atoms with van der Waals surface area (Å²) in [5, 5.41) is 4.58. The monoisotopic (exact) mass is 349 g/mol. The first-order valence-electron chi connectivity index (χ1n) is 8.99. The van der Waals surface area contributed by atoms with Crippen molar-refractivity contribution in [3.8, 4) is 11.4 Å². The van der Waals surface area contributed by atoms with Gasteiger partial charge in [-0.2, -0.15) is 5.10 Å². The number of aryl methyl sites for hydroxylation is 2. The number of carbonyl (C=O) groups excluding carboxylic acids is 1. The van der Waals surface area contributed by atoms with Gasteiger partial charge >= 0.3 is 0 Å². The van der Waals surface area contributed by atoms with Gasteiger partial charge in [0.15, 0.2) is 0 Å². The summed E-state index contributed by atoms with van der Waals surface area (Å²) in [5.41, 5.74) is 3.20. The van der Waals surface area contributed by atoms with Crippen molar-refractivity contribution in [2.45, 2.75) is 32.9 Å². The molecule has 6 heteroatoms. The van der Waals surface area contributed by atoms with Gasteiger partial charge in [0.1, 0.15) is 12.4 Å². The van der Waals surface area contributed by atoms with Gasteiger partial charge in [0.2, 0.25) is 5.91 Å². The molecule has 134 valence electrons. The summed E-state index contributed by atoms with van der Waals surface area (Å²) in [5.74, 6) is 0.956. The topological polar surface area (TPSA) is 56.0 Å². The zero-order valence-corrected chi connectivity index (χ0v) is 15.2. The Kier molecular flexibility index (Phi) is 4.32. The number of hydrogen-bond donors (Lipinski definition) is 0. The first-order valence-corrected chi connectivity index (χ1v) is 8.99. The third-order valence-electron chi connectivity index (χ3n) is 4.96. The number of amides is 1. The minimum absolute atomic E-state index is 0.129. The molecule has 1 amide bonds. The molecule has 0 spiro atoms. The molecule has 1 aromatic carbocycles. The largest absolute Gasteiger partial charge is 0.339 e. The fourth-order valence-corrected chi connectivity index (χ4v) is 3.71. The number of aromatic nitrogens is 4. The van der Waals surface area contributed by atoms with Gasteiger partial charge in [-0.25, -0.2) is 4.98 Å². The maximum Gasteiger partial charge on any atom is 0.242 e. The summed E-state index contributed by atoms with van der Waals surface area (Å²) in [4.78, 5) is 19.2. The van der Waals surface area contributed by atoms with Gasteiger partial charge in [0, 0.05) is 36.7 Å². The maximum atomic E-state index is 12.8. The predicted molar refractivity (Wildman–Crippen MR) is 99.6 cm³/mol. The van der Waals surface area contributed by atoms with Crippen LogP contribution in [-0.4, -0.2) is 43.2 Å². The third kappa shape index (κ3) is 3.14.